The van der Waals surface area contributed by atoms with Crippen LogP contribution >= 0.6 is 12.6 Å². The summed E-state index contributed by atoms with van der Waals surface area (Å²) in [5, 5.41) is 22.9. The number of nitrogens with zero attached hydrogens (tertiary/aromatic N) is 5. The highest BCUT2D eigenvalue weighted by Gasteiger charge is 2.35. The van der Waals surface area contributed by atoms with Gasteiger partial charge in [0.25, 0.3) is 0 Å². The van der Waals surface area contributed by atoms with Gasteiger partial charge in [-0.25, -0.2) is 4.98 Å². The van der Waals surface area contributed by atoms with Gasteiger partial charge in [0.1, 0.15) is 48.3 Å². The molecular formula is C57H85N25O9S. The molecule has 92 heavy (non-hydrogen) atoms. The molecule has 29 N–H and O–H groups in total. The first-order valence-electron chi connectivity index (χ1n) is 29.5. The molecule has 8 atom stereocenters. The number of carbonyl (C=O) groups excluding carboxylic acids is 9. The van der Waals surface area contributed by atoms with Crippen molar-refractivity contribution in [3.8, 4) is 0 Å². The Labute approximate surface area is 534 Å². The van der Waals surface area contributed by atoms with Crippen LogP contribution in [0.4, 0.5) is 0 Å². The molecule has 0 aliphatic carbocycles. The van der Waals surface area contributed by atoms with Gasteiger partial charge in [-0.15, -0.1) is 0 Å². The smallest absolute Gasteiger partial charge is 0.244 e. The standard InChI is InChI=1S/C57H85N25O9S/c1-30(83)75-38(14-6-18-68-54(59)60)47(85)76-39(15-7-19-69-55(61)62)48(86)77-40(16-8-20-70-56(63)64)49(87)78-41(17-9-21-71-57(65)66)50(88)81-44(24-33-27-67-29-74-33)52(90)80-43(23-32-26-73-37-13-5-3-11-35(32)37)51(89)82-45(28-92)53(91)79-42(46(58)84)22-31-25-72-36-12-4-2-10-34(31)36/h2-5,10-13,25-27,29,38-45,72-73,92H,6-9,14-24,28H2,1H3,(H2,58,84)(H,67,74)(H,75,83)(H,76,85)(H,77,86)(H,78,87)(H,79,91)(H,80,90)(H,81,88)(H,82,89)(H4,59,60,68)(H4,61,62,69)(H4,63,64,70)(H4,65,66,71)/t38-,39-,40-,41-,42-,43-,44-,45-/m0/s1. The molecule has 9 amide bonds. The van der Waals surface area contributed by atoms with Gasteiger partial charge in [0.05, 0.1) is 6.33 Å². The molecule has 5 aromatic rings. The van der Waals surface area contributed by atoms with E-state index in [-0.39, 0.29) is 126 Å². The van der Waals surface area contributed by atoms with Crippen LogP contribution in [0.25, 0.3) is 21.8 Å². The second-order valence-corrected chi connectivity index (χ2v) is 21.8. The van der Waals surface area contributed by atoms with E-state index in [2.05, 4.69) is 95.1 Å². The van der Waals surface area contributed by atoms with E-state index in [1.165, 1.54) is 19.4 Å². The first-order valence-corrected chi connectivity index (χ1v) is 30.1. The van der Waals surface area contributed by atoms with Crippen molar-refractivity contribution in [1.29, 1.82) is 0 Å². The zero-order chi connectivity index (χ0) is 67.3. The molecule has 0 spiro atoms. The molecule has 0 saturated heterocycles. The van der Waals surface area contributed by atoms with Crippen LogP contribution in [0.15, 0.2) is 93.4 Å². The highest BCUT2D eigenvalue weighted by Crippen LogP contribution is 2.21. The predicted molar refractivity (Wildman–Crippen MR) is 350 cm³/mol. The summed E-state index contributed by atoms with van der Waals surface area (Å²) in [6, 6.07) is 3.57. The zero-order valence-electron chi connectivity index (χ0n) is 50.9. The van der Waals surface area contributed by atoms with Gasteiger partial charge in [-0.1, -0.05) is 36.4 Å². The highest BCUT2D eigenvalue weighted by atomic mass is 32.1. The van der Waals surface area contributed by atoms with Crippen molar-refractivity contribution in [3.05, 3.63) is 90.3 Å². The van der Waals surface area contributed by atoms with E-state index in [0.29, 0.717) is 27.7 Å². The van der Waals surface area contributed by atoms with E-state index in [9.17, 15) is 43.2 Å². The van der Waals surface area contributed by atoms with Crippen LogP contribution in [-0.2, 0) is 62.4 Å². The molecule has 0 fully saturated rings. The average Bonchev–Trinajstić information content (AvgIpc) is 1.81. The second-order valence-electron chi connectivity index (χ2n) is 21.5. The number of hydrogen-bond donors (Lipinski definition) is 21. The van der Waals surface area contributed by atoms with E-state index >= 15 is 0 Å². The van der Waals surface area contributed by atoms with E-state index in [4.69, 9.17) is 51.6 Å². The van der Waals surface area contributed by atoms with E-state index in [0.717, 1.165) is 10.9 Å². The third-order valence-electron chi connectivity index (χ3n) is 14.3. The number of thiol groups is 1. The minimum absolute atomic E-state index is 0.00416. The third-order valence-corrected chi connectivity index (χ3v) is 14.7. The molecule has 0 aliphatic rings. The lowest BCUT2D eigenvalue weighted by atomic mass is 10.0. The van der Waals surface area contributed by atoms with Crippen LogP contribution in [-0.4, -0.2) is 177 Å². The summed E-state index contributed by atoms with van der Waals surface area (Å²) in [6.45, 7) is 1.35. The Morgan fingerprint density at radius 1 is 0.435 bits per heavy atom. The summed E-state index contributed by atoms with van der Waals surface area (Å²) in [5.41, 5.74) is 53.4. The fourth-order valence-electron chi connectivity index (χ4n) is 9.73. The molecule has 3 aromatic heterocycles. The van der Waals surface area contributed by atoms with Gasteiger partial charge >= 0.3 is 0 Å². The minimum atomic E-state index is -1.52. The molecule has 0 unspecified atom stereocenters. The maximum absolute atomic E-state index is 14.9. The lowest BCUT2D eigenvalue weighted by Crippen LogP contribution is -2.61. The van der Waals surface area contributed by atoms with Crippen LogP contribution < -0.4 is 94.1 Å². The number of benzene rings is 2. The number of imidazole rings is 1. The van der Waals surface area contributed by atoms with Gasteiger partial charge in [0.2, 0.25) is 53.2 Å². The summed E-state index contributed by atoms with van der Waals surface area (Å²) in [4.78, 5) is 156. The zero-order valence-corrected chi connectivity index (χ0v) is 51.8. The normalized spacial score (nSPS) is 13.6. The number of rotatable bonds is 39. The van der Waals surface area contributed by atoms with E-state index in [1.807, 2.05) is 36.4 Å². The summed E-state index contributed by atoms with van der Waals surface area (Å²) >= 11 is 4.37. The lowest BCUT2D eigenvalue weighted by Gasteiger charge is -2.28. The van der Waals surface area contributed by atoms with Crippen molar-refractivity contribution in [2.45, 2.75) is 126 Å². The van der Waals surface area contributed by atoms with Crippen molar-refractivity contribution < 1.29 is 43.2 Å². The Morgan fingerprint density at radius 2 is 0.761 bits per heavy atom. The molecule has 0 bridgehead atoms. The topological polar surface area (TPSA) is 594 Å². The maximum atomic E-state index is 14.9. The van der Waals surface area contributed by atoms with Crippen LogP contribution in [0.1, 0.15) is 75.1 Å². The molecule has 0 radical (unpaired) electrons. The van der Waals surface area contributed by atoms with Crippen LogP contribution in [0, 0.1) is 0 Å². The molecule has 35 heteroatoms. The Morgan fingerprint density at radius 3 is 1.12 bits per heavy atom. The van der Waals surface area contributed by atoms with Crippen LogP contribution in [0.5, 0.6) is 0 Å². The largest absolute Gasteiger partial charge is 0.370 e. The number of para-hydroxylation sites is 2. The van der Waals surface area contributed by atoms with Crippen molar-refractivity contribution in [1.82, 2.24) is 62.5 Å². The number of hydrogen-bond acceptors (Lipinski definition) is 15. The van der Waals surface area contributed by atoms with Crippen molar-refractivity contribution in [3.63, 3.8) is 0 Å². The Bertz CT molecular complexity index is 3420. The highest BCUT2D eigenvalue weighted by molar-refractivity contribution is 7.80. The minimum Gasteiger partial charge on any atom is -0.370 e. The van der Waals surface area contributed by atoms with Gasteiger partial charge in [0.15, 0.2) is 23.8 Å². The molecule has 0 aliphatic heterocycles. The number of aromatic amines is 3. The number of carbonyl (C=O) groups is 9. The molecular weight excluding hydrogens is 1210 g/mol. The molecule has 0 saturated carbocycles. The molecule has 34 nitrogen and oxygen atoms in total. The SMILES string of the molecule is CC(=O)N[C@@H](CCCN=C(N)N)C(=O)N[C@@H](CCCN=C(N)N)C(=O)N[C@@H](CCCN=C(N)N)C(=O)N[C@@H](CCCN=C(N)N)C(=O)N[C@@H](Cc1cnc[nH]1)C(=O)N[C@@H](Cc1c[nH]c2ccccc12)C(=O)N[C@@H](CS)C(=O)N[C@@H](Cc1c[nH]c2ccccc12)C(N)=O. The Balaban J connectivity index is 1.44. The second kappa shape index (κ2) is 36.8. The van der Waals surface area contributed by atoms with Crippen LogP contribution in [0.2, 0.25) is 0 Å². The number of amides is 9. The lowest BCUT2D eigenvalue weighted by molar-refractivity contribution is -0.136. The summed E-state index contributed by atoms with van der Waals surface area (Å²) in [5.74, 6) is -8.54. The molecule has 2 aromatic carbocycles. The molecule has 498 valence electrons. The maximum Gasteiger partial charge on any atom is 0.244 e. The summed E-state index contributed by atoms with van der Waals surface area (Å²) in [6.07, 6.45) is 5.99. The van der Waals surface area contributed by atoms with Crippen molar-refractivity contribution in [2.24, 2.45) is 71.6 Å². The van der Waals surface area contributed by atoms with Gasteiger partial charge in [-0.2, -0.15) is 12.6 Å². The number of H-pyrrole nitrogens is 3. The fourth-order valence-corrected chi connectivity index (χ4v) is 9.99. The number of primary amides is 1. The predicted octanol–water partition coefficient (Wildman–Crippen LogP) is -5.07. The number of fused-ring (bicyclic) bond motifs is 2. The molecule has 3 heterocycles. The third kappa shape index (κ3) is 24.1. The number of guanidine groups is 4. The number of nitrogens with one attached hydrogen (secondary N) is 11. The Kier molecular flexibility index (Phi) is 28.8. The van der Waals surface area contributed by atoms with Gasteiger partial charge < -0.3 is 109 Å². The number of nitrogens with two attached hydrogens (primary N) is 9. The van der Waals surface area contributed by atoms with Crippen molar-refractivity contribution in [2.75, 3.05) is 31.9 Å². The monoisotopic (exact) mass is 1300 g/mol. The van der Waals surface area contributed by atoms with Crippen molar-refractivity contribution >= 4 is 111 Å². The van der Waals surface area contributed by atoms with Gasteiger partial charge in [-0.05, 0) is 74.6 Å². The Hall–Kier alpha value is -10.6. The van der Waals surface area contributed by atoms with E-state index < -0.39 is 101 Å². The quantitative estimate of drug-likeness (QED) is 0.00758. The fraction of sp³-hybridized carbons (Fsp3) is 0.439. The van der Waals surface area contributed by atoms with E-state index in [1.54, 1.807) is 24.5 Å². The average molecular weight is 1300 g/mol. The van der Waals surface area contributed by atoms with Gasteiger partial charge in [-0.3, -0.25) is 63.1 Å². The number of aliphatic imine (C=N–C) groups is 4. The first kappa shape index (κ1) is 72.1. The van der Waals surface area contributed by atoms with Gasteiger partial charge in [0, 0.05) is 104 Å². The summed E-state index contributed by atoms with van der Waals surface area (Å²) < 4.78 is 0. The summed E-state index contributed by atoms with van der Waals surface area (Å²) in [7, 11) is 0. The molecule has 5 rings (SSSR count). The number of aromatic nitrogens is 4. The van der Waals surface area contributed by atoms with Crippen LogP contribution in [0.3, 0.4) is 0 Å². The first-order chi connectivity index (χ1) is 43.9.